The van der Waals surface area contributed by atoms with E-state index in [-0.39, 0.29) is 0 Å². The van der Waals surface area contributed by atoms with E-state index in [0.29, 0.717) is 6.04 Å². The molecule has 2 aromatic rings. The first-order valence-corrected chi connectivity index (χ1v) is 7.87. The van der Waals surface area contributed by atoms with Crippen molar-refractivity contribution in [1.82, 2.24) is 19.6 Å². The molecule has 1 unspecified atom stereocenters. The minimum atomic E-state index is 0.701. The molecule has 1 N–H and O–H groups in total. The highest BCUT2D eigenvalue weighted by Crippen LogP contribution is 2.20. The molecule has 3 rings (SSSR count). The van der Waals surface area contributed by atoms with Crippen molar-refractivity contribution >= 4 is 16.3 Å². The molecule has 4 nitrogen and oxygen atoms in total. The van der Waals surface area contributed by atoms with E-state index in [2.05, 4.69) is 45.9 Å². The van der Waals surface area contributed by atoms with Crippen LogP contribution in [-0.2, 0) is 6.54 Å². The van der Waals surface area contributed by atoms with Crippen molar-refractivity contribution in [3.63, 3.8) is 0 Å². The van der Waals surface area contributed by atoms with Gasteiger partial charge in [-0.1, -0.05) is 0 Å². The van der Waals surface area contributed by atoms with Crippen LogP contribution in [0.4, 0.5) is 0 Å². The van der Waals surface area contributed by atoms with Crippen LogP contribution >= 0.6 is 11.3 Å². The zero-order valence-corrected chi connectivity index (χ0v) is 12.8. The molecule has 1 fully saturated rings. The van der Waals surface area contributed by atoms with Crippen molar-refractivity contribution in [1.29, 1.82) is 0 Å². The molecule has 3 heterocycles. The Labute approximate surface area is 118 Å². The van der Waals surface area contributed by atoms with E-state index < -0.39 is 0 Å². The first kappa shape index (κ1) is 13.1. The first-order valence-electron chi connectivity index (χ1n) is 7.00. The zero-order chi connectivity index (χ0) is 13.4. The van der Waals surface area contributed by atoms with Crippen LogP contribution in [0.1, 0.15) is 29.9 Å². The van der Waals surface area contributed by atoms with Crippen LogP contribution in [0.2, 0.25) is 0 Å². The van der Waals surface area contributed by atoms with Crippen LogP contribution in [0.5, 0.6) is 0 Å². The summed E-state index contributed by atoms with van der Waals surface area (Å²) in [5.41, 5.74) is 3.76. The fourth-order valence-electron chi connectivity index (χ4n) is 2.97. The van der Waals surface area contributed by atoms with Crippen molar-refractivity contribution in [2.24, 2.45) is 0 Å². The number of fused-ring (bicyclic) bond motifs is 1. The third-order valence-electron chi connectivity index (χ3n) is 4.17. The summed E-state index contributed by atoms with van der Waals surface area (Å²) in [7, 11) is 2.23. The number of aromatic nitrogens is 2. The summed E-state index contributed by atoms with van der Waals surface area (Å²) in [5.74, 6) is 0. The molecule has 0 aliphatic carbocycles. The minimum absolute atomic E-state index is 0.701. The summed E-state index contributed by atoms with van der Waals surface area (Å²) in [6.07, 6.45) is 2.66. The molecular formula is C14H22N4S. The second-order valence-electron chi connectivity index (χ2n) is 5.55. The lowest BCUT2D eigenvalue weighted by Gasteiger charge is -2.19. The number of nitrogens with zero attached hydrogens (tertiary/aromatic N) is 3. The monoisotopic (exact) mass is 278 g/mol. The van der Waals surface area contributed by atoms with Gasteiger partial charge in [0, 0.05) is 30.2 Å². The van der Waals surface area contributed by atoms with Gasteiger partial charge in [0.25, 0.3) is 0 Å². The molecule has 0 bridgehead atoms. The molecule has 0 spiro atoms. The lowest BCUT2D eigenvalue weighted by molar-refractivity contribution is 0.300. The predicted octanol–water partition coefficient (Wildman–Crippen LogP) is 2.20. The lowest BCUT2D eigenvalue weighted by atomic mass is 10.2. The Morgan fingerprint density at radius 3 is 3.05 bits per heavy atom. The maximum atomic E-state index is 4.63. The smallest absolute Gasteiger partial charge is 0.194 e. The number of likely N-dealkylation sites (tertiary alicyclic amines) is 1. The van der Waals surface area contributed by atoms with Gasteiger partial charge in [0.15, 0.2) is 4.96 Å². The Balaban J connectivity index is 1.68. The molecule has 19 heavy (non-hydrogen) atoms. The van der Waals surface area contributed by atoms with Crippen molar-refractivity contribution in [3.05, 3.63) is 22.5 Å². The first-order chi connectivity index (χ1) is 9.16. The molecule has 1 saturated heterocycles. The highest BCUT2D eigenvalue weighted by molar-refractivity contribution is 7.15. The number of nitrogens with one attached hydrogen (secondary N) is 1. The standard InChI is InChI=1S/C14H22N4S/c1-10-9-19-14-16-11(2)13(18(10)14)8-15-7-12-5-4-6-17(12)3/h9,12,15H,4-8H2,1-3H3. The lowest BCUT2D eigenvalue weighted by Crippen LogP contribution is -2.35. The number of aryl methyl sites for hydroxylation is 2. The average Bonchev–Trinajstić information content (AvgIpc) is 3.01. The molecule has 0 amide bonds. The molecule has 0 radical (unpaired) electrons. The van der Waals surface area contributed by atoms with Crippen LogP contribution in [0, 0.1) is 13.8 Å². The van der Waals surface area contributed by atoms with Gasteiger partial charge in [0.2, 0.25) is 0 Å². The van der Waals surface area contributed by atoms with Gasteiger partial charge in [-0.15, -0.1) is 11.3 Å². The topological polar surface area (TPSA) is 32.6 Å². The predicted molar refractivity (Wildman–Crippen MR) is 79.9 cm³/mol. The van der Waals surface area contributed by atoms with Gasteiger partial charge >= 0.3 is 0 Å². The number of imidazole rings is 1. The van der Waals surface area contributed by atoms with Crippen LogP contribution in [0.15, 0.2) is 5.38 Å². The minimum Gasteiger partial charge on any atom is -0.310 e. The van der Waals surface area contributed by atoms with E-state index in [0.717, 1.165) is 23.7 Å². The summed E-state index contributed by atoms with van der Waals surface area (Å²) in [4.78, 5) is 8.21. The largest absolute Gasteiger partial charge is 0.310 e. The number of hydrogen-bond acceptors (Lipinski definition) is 4. The molecule has 104 valence electrons. The van der Waals surface area contributed by atoms with Gasteiger partial charge in [-0.25, -0.2) is 4.98 Å². The Morgan fingerprint density at radius 2 is 2.32 bits per heavy atom. The molecular weight excluding hydrogens is 256 g/mol. The fraction of sp³-hybridized carbons (Fsp3) is 0.643. The number of thiazole rings is 1. The molecule has 0 saturated carbocycles. The maximum Gasteiger partial charge on any atom is 0.194 e. The second-order valence-corrected chi connectivity index (χ2v) is 6.38. The average molecular weight is 278 g/mol. The molecule has 0 aromatic carbocycles. The molecule has 1 aliphatic heterocycles. The Kier molecular flexibility index (Phi) is 3.60. The Hall–Kier alpha value is -0.910. The van der Waals surface area contributed by atoms with Gasteiger partial charge in [0.05, 0.1) is 11.4 Å². The Bertz CT molecular complexity index is 571. The van der Waals surface area contributed by atoms with Crippen molar-refractivity contribution in [3.8, 4) is 0 Å². The highest BCUT2D eigenvalue weighted by Gasteiger charge is 2.20. The fourth-order valence-corrected chi connectivity index (χ4v) is 3.90. The van der Waals surface area contributed by atoms with Crippen LogP contribution < -0.4 is 5.32 Å². The van der Waals surface area contributed by atoms with Crippen LogP contribution in [-0.4, -0.2) is 40.5 Å². The molecule has 1 atom stereocenters. The van der Waals surface area contributed by atoms with E-state index >= 15 is 0 Å². The summed E-state index contributed by atoms with van der Waals surface area (Å²) < 4.78 is 2.28. The zero-order valence-electron chi connectivity index (χ0n) is 11.9. The van der Waals surface area contributed by atoms with E-state index in [1.165, 1.54) is 30.8 Å². The van der Waals surface area contributed by atoms with E-state index in [1.807, 2.05) is 0 Å². The third kappa shape index (κ3) is 2.42. The Morgan fingerprint density at radius 1 is 1.47 bits per heavy atom. The normalized spacial score (nSPS) is 20.7. The summed E-state index contributed by atoms with van der Waals surface area (Å²) >= 11 is 1.72. The van der Waals surface area contributed by atoms with E-state index in [9.17, 15) is 0 Å². The summed E-state index contributed by atoms with van der Waals surface area (Å²) in [5, 5.41) is 5.79. The third-order valence-corrected chi connectivity index (χ3v) is 5.12. The van der Waals surface area contributed by atoms with Crippen LogP contribution in [0.3, 0.4) is 0 Å². The van der Waals surface area contributed by atoms with Gasteiger partial charge in [-0.3, -0.25) is 4.40 Å². The van der Waals surface area contributed by atoms with Crippen molar-refractivity contribution < 1.29 is 0 Å². The van der Waals surface area contributed by atoms with Gasteiger partial charge in [-0.05, 0) is 40.3 Å². The summed E-state index contributed by atoms with van der Waals surface area (Å²) in [6.45, 7) is 7.49. The number of hydrogen-bond donors (Lipinski definition) is 1. The van der Waals surface area contributed by atoms with E-state index in [4.69, 9.17) is 0 Å². The van der Waals surface area contributed by atoms with Gasteiger partial charge < -0.3 is 10.2 Å². The molecule has 2 aromatic heterocycles. The van der Waals surface area contributed by atoms with Crippen molar-refractivity contribution in [2.45, 2.75) is 39.3 Å². The molecule has 1 aliphatic rings. The maximum absolute atomic E-state index is 4.63. The van der Waals surface area contributed by atoms with Gasteiger partial charge in [-0.2, -0.15) is 0 Å². The SMILES string of the molecule is Cc1nc2scc(C)n2c1CNCC1CCCN1C. The second kappa shape index (κ2) is 5.23. The highest BCUT2D eigenvalue weighted by atomic mass is 32.1. The number of rotatable bonds is 4. The van der Waals surface area contributed by atoms with Crippen LogP contribution in [0.25, 0.3) is 4.96 Å². The summed E-state index contributed by atoms with van der Waals surface area (Å²) in [6, 6.07) is 0.701. The van der Waals surface area contributed by atoms with E-state index in [1.54, 1.807) is 11.3 Å². The quantitative estimate of drug-likeness (QED) is 0.930. The number of likely N-dealkylation sites (N-methyl/N-ethyl adjacent to an activating group) is 1. The van der Waals surface area contributed by atoms with Crippen molar-refractivity contribution in [2.75, 3.05) is 20.1 Å². The van der Waals surface area contributed by atoms with Gasteiger partial charge in [0.1, 0.15) is 0 Å². The molecule has 5 heteroatoms.